The number of anilines is 2. The normalized spacial score (nSPS) is 10.7. The van der Waals surface area contributed by atoms with Crippen molar-refractivity contribution in [3.05, 3.63) is 83.4 Å². The summed E-state index contributed by atoms with van der Waals surface area (Å²) in [5.41, 5.74) is 20.7. The van der Waals surface area contributed by atoms with Gasteiger partial charge in [0.15, 0.2) is 5.78 Å². The van der Waals surface area contributed by atoms with Crippen LogP contribution in [0.3, 0.4) is 0 Å². The first-order valence-electron chi connectivity index (χ1n) is 9.87. The summed E-state index contributed by atoms with van der Waals surface area (Å²) in [7, 11) is 3.91. The van der Waals surface area contributed by atoms with E-state index in [1.165, 1.54) is 0 Å². The molecule has 0 atom stereocenters. The van der Waals surface area contributed by atoms with Crippen LogP contribution in [0, 0.1) is 13.8 Å². The number of hydrogen-bond acceptors (Lipinski definition) is 3. The van der Waals surface area contributed by atoms with Gasteiger partial charge in [0.2, 0.25) is 0 Å². The smallest absolute Gasteiger partial charge is 0.194 e. The van der Waals surface area contributed by atoms with Gasteiger partial charge in [0, 0.05) is 60.1 Å². The third kappa shape index (κ3) is 3.62. The van der Waals surface area contributed by atoms with Crippen molar-refractivity contribution < 1.29 is 4.79 Å². The van der Waals surface area contributed by atoms with Crippen LogP contribution in [0.2, 0.25) is 0 Å². The Kier molecular flexibility index (Phi) is 6.00. The van der Waals surface area contributed by atoms with Crippen molar-refractivity contribution in [2.45, 2.75) is 13.8 Å². The quantitative estimate of drug-likeness (QED) is 0.437. The van der Waals surface area contributed by atoms with Gasteiger partial charge in [0.05, 0.1) is 11.4 Å². The molecule has 6 heteroatoms. The molecule has 0 fully saturated rings. The Hall–Kier alpha value is -3.44. The highest BCUT2D eigenvalue weighted by molar-refractivity contribution is 6.17. The first-order chi connectivity index (χ1) is 14.3. The highest BCUT2D eigenvalue weighted by atomic mass is 35.5. The summed E-state index contributed by atoms with van der Waals surface area (Å²) in [5, 5.41) is 0. The number of hydrogen-bond donors (Lipinski definition) is 2. The Morgan fingerprint density at radius 1 is 0.710 bits per heavy atom. The molecule has 0 aliphatic heterocycles. The third-order valence-corrected chi connectivity index (χ3v) is 5.91. The van der Waals surface area contributed by atoms with E-state index in [0.29, 0.717) is 22.5 Å². The standard InChI is InChI=1S/C25H26N4O.ClH/c1-15-23(21(26)13-28(15)3)17-9-5-7-11-19(17)25(30)20-12-8-6-10-18(20)24-16(2)29(4)14-22(24)27;/h5-14H,26-27H2,1-4H3;1H. The number of aromatic nitrogens is 2. The average molecular weight is 435 g/mol. The molecule has 4 aromatic rings. The summed E-state index contributed by atoms with van der Waals surface area (Å²) in [5.74, 6) is -0.0495. The maximum absolute atomic E-state index is 13.8. The van der Waals surface area contributed by atoms with Crippen molar-refractivity contribution >= 4 is 29.6 Å². The summed E-state index contributed by atoms with van der Waals surface area (Å²) >= 11 is 0. The minimum Gasteiger partial charge on any atom is -0.397 e. The number of ketones is 1. The molecule has 31 heavy (non-hydrogen) atoms. The second-order valence-electron chi connectivity index (χ2n) is 7.73. The molecule has 4 N–H and O–H groups in total. The fourth-order valence-electron chi connectivity index (χ4n) is 4.15. The largest absolute Gasteiger partial charge is 0.397 e. The lowest BCUT2D eigenvalue weighted by Gasteiger charge is -2.14. The van der Waals surface area contributed by atoms with Crippen LogP contribution < -0.4 is 11.5 Å². The summed E-state index contributed by atoms with van der Waals surface area (Å²) < 4.78 is 3.96. The Morgan fingerprint density at radius 3 is 1.39 bits per heavy atom. The molecule has 4 rings (SSSR count). The van der Waals surface area contributed by atoms with Gasteiger partial charge in [0.25, 0.3) is 0 Å². The molecule has 0 aliphatic carbocycles. The minimum atomic E-state index is -0.0495. The zero-order valence-corrected chi connectivity index (χ0v) is 19.0. The first-order valence-corrected chi connectivity index (χ1v) is 9.87. The van der Waals surface area contributed by atoms with Crippen LogP contribution in [0.25, 0.3) is 22.3 Å². The second kappa shape index (κ2) is 8.36. The van der Waals surface area contributed by atoms with E-state index in [2.05, 4.69) is 0 Å². The predicted molar refractivity (Wildman–Crippen MR) is 131 cm³/mol. The van der Waals surface area contributed by atoms with Crippen molar-refractivity contribution in [2.75, 3.05) is 11.5 Å². The van der Waals surface area contributed by atoms with Crippen molar-refractivity contribution in [1.82, 2.24) is 9.13 Å². The SMILES string of the molecule is Cc1c(-c2ccccc2C(=O)c2ccccc2-c2c(N)cn(C)c2C)c(N)cn1C.Cl. The fourth-order valence-corrected chi connectivity index (χ4v) is 4.15. The molecule has 2 aromatic heterocycles. The predicted octanol–water partition coefficient (Wildman–Crippen LogP) is 5.13. The van der Waals surface area contributed by atoms with Gasteiger partial charge in [-0.1, -0.05) is 48.5 Å². The summed E-state index contributed by atoms with van der Waals surface area (Å²) in [6, 6.07) is 15.3. The second-order valence-corrected chi connectivity index (χ2v) is 7.73. The molecule has 0 aliphatic rings. The zero-order valence-electron chi connectivity index (χ0n) is 18.1. The lowest BCUT2D eigenvalue weighted by Crippen LogP contribution is -2.07. The Balaban J connectivity index is 0.00000272. The maximum Gasteiger partial charge on any atom is 0.194 e. The van der Waals surface area contributed by atoms with E-state index in [4.69, 9.17) is 11.5 Å². The molecule has 160 valence electrons. The monoisotopic (exact) mass is 434 g/mol. The zero-order chi connectivity index (χ0) is 21.6. The molecule has 0 unspecified atom stereocenters. The molecule has 2 heterocycles. The van der Waals surface area contributed by atoms with Crippen molar-refractivity contribution in [2.24, 2.45) is 14.1 Å². The van der Waals surface area contributed by atoms with E-state index in [9.17, 15) is 4.79 Å². The number of carbonyl (C=O) groups is 1. The highest BCUT2D eigenvalue weighted by Gasteiger charge is 2.23. The number of benzene rings is 2. The number of nitrogens with zero attached hydrogens (tertiary/aromatic N) is 2. The van der Waals surface area contributed by atoms with Gasteiger partial charge >= 0.3 is 0 Å². The lowest BCUT2D eigenvalue weighted by molar-refractivity contribution is 0.104. The van der Waals surface area contributed by atoms with E-state index in [0.717, 1.165) is 33.6 Å². The minimum absolute atomic E-state index is 0. The maximum atomic E-state index is 13.8. The van der Waals surface area contributed by atoms with E-state index in [1.54, 1.807) is 0 Å². The molecule has 0 spiro atoms. The first kappa shape index (κ1) is 22.2. The molecule has 0 amide bonds. The number of carbonyl (C=O) groups excluding carboxylic acids is 1. The van der Waals surface area contributed by atoms with E-state index in [-0.39, 0.29) is 18.2 Å². The van der Waals surface area contributed by atoms with E-state index >= 15 is 0 Å². The molecular formula is C25H27ClN4O. The summed E-state index contributed by atoms with van der Waals surface area (Å²) in [6.45, 7) is 4.02. The van der Waals surface area contributed by atoms with E-state index in [1.807, 2.05) is 98.0 Å². The molecule has 0 saturated heterocycles. The van der Waals surface area contributed by atoms with Crippen LogP contribution in [0.4, 0.5) is 11.4 Å². The molecule has 5 nitrogen and oxygen atoms in total. The Morgan fingerprint density at radius 2 is 1.06 bits per heavy atom. The Labute approximate surface area is 188 Å². The summed E-state index contributed by atoms with van der Waals surface area (Å²) in [6.07, 6.45) is 3.77. The van der Waals surface area contributed by atoms with Gasteiger partial charge in [-0.15, -0.1) is 12.4 Å². The van der Waals surface area contributed by atoms with Gasteiger partial charge in [-0.25, -0.2) is 0 Å². The van der Waals surface area contributed by atoms with Crippen LogP contribution in [-0.2, 0) is 14.1 Å². The van der Waals surface area contributed by atoms with Crippen LogP contribution in [0.15, 0.2) is 60.9 Å². The molecular weight excluding hydrogens is 408 g/mol. The third-order valence-electron chi connectivity index (χ3n) is 5.91. The van der Waals surface area contributed by atoms with Gasteiger partial charge in [0.1, 0.15) is 0 Å². The van der Waals surface area contributed by atoms with Crippen molar-refractivity contribution in [3.8, 4) is 22.3 Å². The van der Waals surface area contributed by atoms with Gasteiger partial charge in [-0.3, -0.25) is 4.79 Å². The summed E-state index contributed by atoms with van der Waals surface area (Å²) in [4.78, 5) is 13.8. The number of rotatable bonds is 4. The number of nitrogens with two attached hydrogens (primary N) is 2. The van der Waals surface area contributed by atoms with Crippen molar-refractivity contribution in [3.63, 3.8) is 0 Å². The topological polar surface area (TPSA) is 79.0 Å². The molecule has 2 aromatic carbocycles. The van der Waals surface area contributed by atoms with Crippen LogP contribution in [0.1, 0.15) is 27.3 Å². The van der Waals surface area contributed by atoms with Crippen LogP contribution in [0.5, 0.6) is 0 Å². The van der Waals surface area contributed by atoms with Crippen LogP contribution in [-0.4, -0.2) is 14.9 Å². The van der Waals surface area contributed by atoms with Crippen molar-refractivity contribution in [1.29, 1.82) is 0 Å². The molecule has 0 bridgehead atoms. The van der Waals surface area contributed by atoms with Gasteiger partial charge < -0.3 is 20.6 Å². The average Bonchev–Trinajstić information content (AvgIpc) is 3.14. The highest BCUT2D eigenvalue weighted by Crippen LogP contribution is 2.37. The number of aryl methyl sites for hydroxylation is 2. The number of halogens is 1. The van der Waals surface area contributed by atoms with Gasteiger partial charge in [-0.05, 0) is 25.0 Å². The Bertz CT molecular complexity index is 1190. The van der Waals surface area contributed by atoms with Gasteiger partial charge in [-0.2, -0.15) is 0 Å². The lowest BCUT2D eigenvalue weighted by atomic mass is 9.89. The number of nitrogen functional groups attached to an aromatic ring is 2. The fraction of sp³-hybridized carbons (Fsp3) is 0.160. The molecule has 0 saturated carbocycles. The molecule has 0 radical (unpaired) electrons. The van der Waals surface area contributed by atoms with Crippen LogP contribution >= 0.6 is 12.4 Å². The van der Waals surface area contributed by atoms with E-state index < -0.39 is 0 Å².